The van der Waals surface area contributed by atoms with E-state index >= 15 is 0 Å². The summed E-state index contributed by atoms with van der Waals surface area (Å²) in [5.74, 6) is -1.39. The molecule has 7 nitrogen and oxygen atoms in total. The van der Waals surface area contributed by atoms with Gasteiger partial charge in [-0.3, -0.25) is 19.7 Å². The lowest BCUT2D eigenvalue weighted by molar-refractivity contribution is -0.138. The Bertz CT molecular complexity index is 526. The summed E-state index contributed by atoms with van der Waals surface area (Å²) >= 11 is 0. The van der Waals surface area contributed by atoms with Crippen LogP contribution in [0.2, 0.25) is 0 Å². The van der Waals surface area contributed by atoms with Gasteiger partial charge in [-0.2, -0.15) is 0 Å². The predicted molar refractivity (Wildman–Crippen MR) is 66.9 cm³/mol. The highest BCUT2D eigenvalue weighted by atomic mass is 16.2. The molecular formula is C12H14N4O3. The second-order valence-electron chi connectivity index (χ2n) is 4.25. The lowest BCUT2D eigenvalue weighted by atomic mass is 10.1. The van der Waals surface area contributed by atoms with Crippen LogP contribution >= 0.6 is 0 Å². The number of hydrogen-bond donors (Lipinski definition) is 2. The first-order valence-corrected chi connectivity index (χ1v) is 5.89. The molecule has 1 fully saturated rings. The number of nitrogens with zero attached hydrogens (tertiary/aromatic N) is 2. The molecule has 0 saturated carbocycles. The Hall–Kier alpha value is -2.44. The van der Waals surface area contributed by atoms with E-state index in [1.807, 2.05) is 0 Å². The number of carbonyl (C=O) groups is 3. The Balaban J connectivity index is 2.27. The lowest BCUT2D eigenvalue weighted by Gasteiger charge is -2.33. The minimum atomic E-state index is -0.649. The highest BCUT2D eigenvalue weighted by Gasteiger charge is 2.36. The van der Waals surface area contributed by atoms with Gasteiger partial charge in [-0.15, -0.1) is 0 Å². The van der Waals surface area contributed by atoms with Crippen LogP contribution in [0.1, 0.15) is 23.8 Å². The van der Waals surface area contributed by atoms with Gasteiger partial charge in [0.1, 0.15) is 18.3 Å². The standard InChI is InChI=1S/C12H14N4O3/c1-2-9-11(18)15-10(17)6-16(9)12(19)8-4-3-7(13)5-14-8/h3-5,9H,2,6,13H2,1H3,(H,15,17,18). The van der Waals surface area contributed by atoms with Crippen molar-refractivity contribution in [3.8, 4) is 0 Å². The van der Waals surface area contributed by atoms with Gasteiger partial charge >= 0.3 is 0 Å². The zero-order chi connectivity index (χ0) is 14.0. The van der Waals surface area contributed by atoms with Gasteiger partial charge in [0.05, 0.1) is 11.9 Å². The van der Waals surface area contributed by atoms with Crippen molar-refractivity contribution in [1.82, 2.24) is 15.2 Å². The monoisotopic (exact) mass is 262 g/mol. The molecule has 1 atom stereocenters. The van der Waals surface area contributed by atoms with Gasteiger partial charge < -0.3 is 10.6 Å². The van der Waals surface area contributed by atoms with Crippen molar-refractivity contribution in [2.75, 3.05) is 12.3 Å². The molecule has 1 aromatic heterocycles. The largest absolute Gasteiger partial charge is 0.397 e. The number of nitrogens with two attached hydrogens (primary N) is 1. The predicted octanol–water partition coefficient (Wildman–Crippen LogP) is -0.459. The molecule has 19 heavy (non-hydrogen) atoms. The summed E-state index contributed by atoms with van der Waals surface area (Å²) < 4.78 is 0. The van der Waals surface area contributed by atoms with E-state index in [2.05, 4.69) is 10.3 Å². The Morgan fingerprint density at radius 3 is 2.84 bits per heavy atom. The normalized spacial score (nSPS) is 19.2. The van der Waals surface area contributed by atoms with Crippen LogP contribution in [0.15, 0.2) is 18.3 Å². The Morgan fingerprint density at radius 1 is 1.53 bits per heavy atom. The molecule has 1 aromatic rings. The van der Waals surface area contributed by atoms with Gasteiger partial charge in [0.25, 0.3) is 5.91 Å². The number of piperazine rings is 1. The molecule has 0 spiro atoms. The first kappa shape index (κ1) is 13.0. The molecule has 7 heteroatoms. The number of hydrogen-bond acceptors (Lipinski definition) is 5. The van der Waals surface area contributed by atoms with Crippen LogP contribution in [0.25, 0.3) is 0 Å². The molecule has 0 aromatic carbocycles. The lowest BCUT2D eigenvalue weighted by Crippen LogP contribution is -2.59. The first-order valence-electron chi connectivity index (χ1n) is 5.89. The maximum absolute atomic E-state index is 12.3. The topological polar surface area (TPSA) is 105 Å². The van der Waals surface area contributed by atoms with E-state index in [0.717, 1.165) is 0 Å². The summed E-state index contributed by atoms with van der Waals surface area (Å²) in [6.07, 6.45) is 1.79. The quantitative estimate of drug-likeness (QED) is 0.702. The van der Waals surface area contributed by atoms with Crippen molar-refractivity contribution >= 4 is 23.4 Å². The molecule has 1 unspecified atom stereocenters. The van der Waals surface area contributed by atoms with Gasteiger partial charge in [0, 0.05) is 0 Å². The summed E-state index contributed by atoms with van der Waals surface area (Å²) in [5, 5.41) is 2.21. The van der Waals surface area contributed by atoms with Crippen LogP contribution < -0.4 is 11.1 Å². The average Bonchev–Trinajstić information content (AvgIpc) is 2.38. The molecule has 1 aliphatic heterocycles. The summed E-state index contributed by atoms with van der Waals surface area (Å²) in [7, 11) is 0. The minimum Gasteiger partial charge on any atom is -0.397 e. The fraction of sp³-hybridized carbons (Fsp3) is 0.333. The number of amides is 3. The highest BCUT2D eigenvalue weighted by molar-refractivity contribution is 6.06. The summed E-state index contributed by atoms with van der Waals surface area (Å²) in [4.78, 5) is 40.4. The fourth-order valence-corrected chi connectivity index (χ4v) is 1.96. The Morgan fingerprint density at radius 2 is 2.26 bits per heavy atom. The number of nitrogens with one attached hydrogen (secondary N) is 1. The van der Waals surface area contributed by atoms with E-state index in [9.17, 15) is 14.4 Å². The SMILES string of the molecule is CCC1C(=O)NC(=O)CN1C(=O)c1ccc(N)cn1. The number of carbonyl (C=O) groups excluding carboxylic acids is 3. The zero-order valence-electron chi connectivity index (χ0n) is 10.4. The third-order valence-corrected chi connectivity index (χ3v) is 2.91. The van der Waals surface area contributed by atoms with Gasteiger partial charge in [-0.1, -0.05) is 6.92 Å². The van der Waals surface area contributed by atoms with Gasteiger partial charge in [0.2, 0.25) is 11.8 Å². The van der Waals surface area contributed by atoms with Crippen LogP contribution in [0.4, 0.5) is 5.69 Å². The van der Waals surface area contributed by atoms with Crippen LogP contribution in [-0.4, -0.2) is 40.2 Å². The average molecular weight is 262 g/mol. The Kier molecular flexibility index (Phi) is 3.46. The van der Waals surface area contributed by atoms with Crippen molar-refractivity contribution in [1.29, 1.82) is 0 Å². The smallest absolute Gasteiger partial charge is 0.273 e. The van der Waals surface area contributed by atoms with E-state index < -0.39 is 23.8 Å². The van der Waals surface area contributed by atoms with E-state index in [4.69, 9.17) is 5.73 Å². The molecule has 3 N–H and O–H groups in total. The Labute approximate surface area is 109 Å². The van der Waals surface area contributed by atoms with Crippen molar-refractivity contribution in [3.63, 3.8) is 0 Å². The van der Waals surface area contributed by atoms with E-state index in [0.29, 0.717) is 12.1 Å². The van der Waals surface area contributed by atoms with Gasteiger partial charge in [-0.25, -0.2) is 4.98 Å². The molecule has 3 amide bonds. The maximum atomic E-state index is 12.3. The maximum Gasteiger partial charge on any atom is 0.273 e. The molecule has 1 aliphatic rings. The molecule has 0 bridgehead atoms. The number of anilines is 1. The van der Waals surface area contributed by atoms with Crippen LogP contribution in [0.3, 0.4) is 0 Å². The fourth-order valence-electron chi connectivity index (χ4n) is 1.96. The molecule has 0 aliphatic carbocycles. The van der Waals surface area contributed by atoms with E-state index in [1.54, 1.807) is 13.0 Å². The summed E-state index contributed by atoms with van der Waals surface area (Å²) in [5.41, 5.74) is 6.10. The molecule has 1 saturated heterocycles. The van der Waals surface area contributed by atoms with Gasteiger partial charge in [0.15, 0.2) is 0 Å². The number of aromatic nitrogens is 1. The van der Waals surface area contributed by atoms with Crippen LogP contribution in [0, 0.1) is 0 Å². The highest BCUT2D eigenvalue weighted by Crippen LogP contribution is 2.13. The second-order valence-corrected chi connectivity index (χ2v) is 4.25. The van der Waals surface area contributed by atoms with Crippen molar-refractivity contribution in [2.24, 2.45) is 0 Å². The third kappa shape index (κ3) is 2.54. The number of pyridine rings is 1. The summed E-state index contributed by atoms with van der Waals surface area (Å²) in [6, 6.07) is 2.37. The van der Waals surface area contributed by atoms with Crippen molar-refractivity contribution in [2.45, 2.75) is 19.4 Å². The number of rotatable bonds is 2. The zero-order valence-corrected chi connectivity index (χ0v) is 10.4. The third-order valence-electron chi connectivity index (χ3n) is 2.91. The summed E-state index contributed by atoms with van der Waals surface area (Å²) in [6.45, 7) is 1.63. The van der Waals surface area contributed by atoms with E-state index in [1.165, 1.54) is 17.2 Å². The number of nitrogen functional groups attached to an aromatic ring is 1. The van der Waals surface area contributed by atoms with Crippen LogP contribution in [0.5, 0.6) is 0 Å². The molecule has 0 radical (unpaired) electrons. The van der Waals surface area contributed by atoms with Crippen molar-refractivity contribution < 1.29 is 14.4 Å². The minimum absolute atomic E-state index is 0.144. The number of imide groups is 1. The molecule has 2 rings (SSSR count). The molecule has 2 heterocycles. The van der Waals surface area contributed by atoms with E-state index in [-0.39, 0.29) is 12.2 Å². The van der Waals surface area contributed by atoms with Crippen LogP contribution in [-0.2, 0) is 9.59 Å². The van der Waals surface area contributed by atoms with Crippen molar-refractivity contribution in [3.05, 3.63) is 24.0 Å². The molecule has 100 valence electrons. The van der Waals surface area contributed by atoms with Gasteiger partial charge in [-0.05, 0) is 18.6 Å². The first-order chi connectivity index (χ1) is 9.02. The second kappa shape index (κ2) is 5.05. The molecular weight excluding hydrogens is 248 g/mol.